The van der Waals surface area contributed by atoms with Gasteiger partial charge in [0.1, 0.15) is 5.69 Å². The Morgan fingerprint density at radius 3 is 2.88 bits per heavy atom. The van der Waals surface area contributed by atoms with Gasteiger partial charge in [0.15, 0.2) is 0 Å². The van der Waals surface area contributed by atoms with Crippen molar-refractivity contribution in [2.24, 2.45) is 0 Å². The number of nitrogen functional groups attached to an aromatic ring is 1. The summed E-state index contributed by atoms with van der Waals surface area (Å²) in [7, 11) is 0. The Morgan fingerprint density at radius 2 is 2.12 bits per heavy atom. The summed E-state index contributed by atoms with van der Waals surface area (Å²) < 4.78 is 0. The Kier molecular flexibility index (Phi) is 1.79. The van der Waals surface area contributed by atoms with Gasteiger partial charge < -0.3 is 10.7 Å². The van der Waals surface area contributed by atoms with Crippen LogP contribution < -0.4 is 5.73 Å². The van der Waals surface area contributed by atoms with Crippen LogP contribution in [0.15, 0.2) is 30.6 Å². The summed E-state index contributed by atoms with van der Waals surface area (Å²) in [6.45, 7) is 0. The third-order valence-electron chi connectivity index (χ3n) is 2.75. The molecule has 0 unspecified atom stereocenters. The number of aromatic nitrogens is 2. The second-order valence-electron chi connectivity index (χ2n) is 3.73. The maximum Gasteiger partial charge on any atom is 0.302 e. The molecule has 6 heteroatoms. The molecule has 0 amide bonds. The number of anilines is 1. The molecule has 0 aliphatic carbocycles. The van der Waals surface area contributed by atoms with Crippen LogP contribution in [-0.2, 0) is 0 Å². The van der Waals surface area contributed by atoms with Gasteiger partial charge in [-0.2, -0.15) is 0 Å². The highest BCUT2D eigenvalue weighted by molar-refractivity contribution is 6.13. The molecule has 1 aromatic carbocycles. The first-order valence-corrected chi connectivity index (χ1v) is 4.97. The van der Waals surface area contributed by atoms with Crippen LogP contribution in [0.1, 0.15) is 0 Å². The summed E-state index contributed by atoms with van der Waals surface area (Å²) in [6, 6.07) is 5.00. The Labute approximate surface area is 95.2 Å². The number of H-pyrrole nitrogens is 1. The molecule has 0 radical (unpaired) electrons. The van der Waals surface area contributed by atoms with Crippen LogP contribution >= 0.6 is 0 Å². The summed E-state index contributed by atoms with van der Waals surface area (Å²) in [6.07, 6.45) is 3.23. The molecule has 0 spiro atoms. The topological polar surface area (TPSA) is 97.8 Å². The lowest BCUT2D eigenvalue weighted by molar-refractivity contribution is -0.382. The van der Waals surface area contributed by atoms with Gasteiger partial charge in [0.05, 0.1) is 27.5 Å². The van der Waals surface area contributed by atoms with E-state index < -0.39 is 4.92 Å². The maximum absolute atomic E-state index is 11.1. The molecule has 3 N–H and O–H groups in total. The van der Waals surface area contributed by atoms with Crippen LogP contribution in [0.2, 0.25) is 0 Å². The fourth-order valence-electron chi connectivity index (χ4n) is 2.04. The van der Waals surface area contributed by atoms with Crippen molar-refractivity contribution in [2.45, 2.75) is 0 Å². The van der Waals surface area contributed by atoms with Crippen molar-refractivity contribution in [1.82, 2.24) is 9.97 Å². The van der Waals surface area contributed by atoms with Crippen LogP contribution in [-0.4, -0.2) is 14.9 Å². The van der Waals surface area contributed by atoms with Gasteiger partial charge in [-0.1, -0.05) is 0 Å². The lowest BCUT2D eigenvalue weighted by atomic mass is 10.1. The molecule has 0 aliphatic heterocycles. The van der Waals surface area contributed by atoms with E-state index in [1.807, 2.05) is 0 Å². The molecule has 17 heavy (non-hydrogen) atoms. The van der Waals surface area contributed by atoms with E-state index in [0.717, 1.165) is 10.9 Å². The number of nitrogens with one attached hydrogen (secondary N) is 1. The first-order valence-electron chi connectivity index (χ1n) is 4.97. The van der Waals surface area contributed by atoms with E-state index in [0.29, 0.717) is 10.9 Å². The van der Waals surface area contributed by atoms with E-state index in [1.54, 1.807) is 24.5 Å². The number of aromatic amines is 1. The molecule has 2 aromatic heterocycles. The van der Waals surface area contributed by atoms with Crippen molar-refractivity contribution in [3.8, 4) is 0 Å². The van der Waals surface area contributed by atoms with Gasteiger partial charge in [-0.15, -0.1) is 0 Å². The maximum atomic E-state index is 11.1. The Hall–Kier alpha value is -2.63. The number of nitro groups is 1. The van der Waals surface area contributed by atoms with Crippen molar-refractivity contribution >= 4 is 33.2 Å². The molecule has 2 heterocycles. The SMILES string of the molecule is Nc1ccc2[nH]c3cnccc3c2c1[N+](=O)[O-]. The second-order valence-corrected chi connectivity index (χ2v) is 3.73. The van der Waals surface area contributed by atoms with Crippen LogP contribution in [0, 0.1) is 10.1 Å². The summed E-state index contributed by atoms with van der Waals surface area (Å²) in [5.41, 5.74) is 7.23. The molecule has 0 atom stereocenters. The van der Waals surface area contributed by atoms with Gasteiger partial charge in [-0.3, -0.25) is 15.1 Å². The summed E-state index contributed by atoms with van der Waals surface area (Å²) in [5, 5.41) is 12.4. The molecule has 0 bridgehead atoms. The molecule has 0 fully saturated rings. The minimum atomic E-state index is -0.453. The number of pyridine rings is 1. The zero-order chi connectivity index (χ0) is 12.0. The van der Waals surface area contributed by atoms with Crippen molar-refractivity contribution in [3.05, 3.63) is 40.7 Å². The van der Waals surface area contributed by atoms with Crippen molar-refractivity contribution in [1.29, 1.82) is 0 Å². The van der Waals surface area contributed by atoms with E-state index in [1.165, 1.54) is 6.07 Å². The number of rotatable bonds is 1. The summed E-state index contributed by atoms with van der Waals surface area (Å²) >= 11 is 0. The smallest absolute Gasteiger partial charge is 0.302 e. The fourth-order valence-corrected chi connectivity index (χ4v) is 2.04. The lowest BCUT2D eigenvalue weighted by Gasteiger charge is -1.98. The highest BCUT2D eigenvalue weighted by atomic mass is 16.6. The predicted octanol–water partition coefficient (Wildman–Crippen LogP) is 2.21. The zero-order valence-electron chi connectivity index (χ0n) is 8.68. The number of fused-ring (bicyclic) bond motifs is 3. The summed E-state index contributed by atoms with van der Waals surface area (Å²) in [4.78, 5) is 17.7. The molecule has 3 aromatic rings. The Bertz CT molecular complexity index is 748. The second kappa shape index (κ2) is 3.18. The van der Waals surface area contributed by atoms with Crippen LogP contribution in [0.3, 0.4) is 0 Å². The largest absolute Gasteiger partial charge is 0.393 e. The van der Waals surface area contributed by atoms with Crippen molar-refractivity contribution in [2.75, 3.05) is 5.73 Å². The van der Waals surface area contributed by atoms with Gasteiger partial charge in [0, 0.05) is 11.6 Å². The zero-order valence-corrected chi connectivity index (χ0v) is 8.68. The Morgan fingerprint density at radius 1 is 1.29 bits per heavy atom. The quantitative estimate of drug-likeness (QED) is 0.379. The van der Waals surface area contributed by atoms with Crippen LogP contribution in [0.5, 0.6) is 0 Å². The molecule has 0 saturated heterocycles. The number of nitrogens with zero attached hydrogens (tertiary/aromatic N) is 2. The third-order valence-corrected chi connectivity index (χ3v) is 2.75. The first-order chi connectivity index (χ1) is 8.18. The number of nitro benzene ring substituents is 1. The van der Waals surface area contributed by atoms with Gasteiger partial charge in [0.2, 0.25) is 0 Å². The van der Waals surface area contributed by atoms with E-state index in [9.17, 15) is 10.1 Å². The van der Waals surface area contributed by atoms with E-state index in [4.69, 9.17) is 5.73 Å². The van der Waals surface area contributed by atoms with Gasteiger partial charge in [-0.25, -0.2) is 0 Å². The third kappa shape index (κ3) is 1.24. The molecular weight excluding hydrogens is 220 g/mol. The molecule has 0 saturated carbocycles. The van der Waals surface area contributed by atoms with Gasteiger partial charge in [-0.05, 0) is 18.2 Å². The minimum absolute atomic E-state index is 0.0556. The molecular formula is C11H8N4O2. The molecule has 6 nitrogen and oxygen atoms in total. The van der Waals surface area contributed by atoms with Crippen molar-refractivity contribution < 1.29 is 4.92 Å². The van der Waals surface area contributed by atoms with Crippen molar-refractivity contribution in [3.63, 3.8) is 0 Å². The average molecular weight is 228 g/mol. The van der Waals surface area contributed by atoms with Crippen LogP contribution in [0.25, 0.3) is 21.8 Å². The number of nitrogens with two attached hydrogens (primary N) is 1. The number of hydrogen-bond donors (Lipinski definition) is 2. The monoisotopic (exact) mass is 228 g/mol. The summed E-state index contributed by atoms with van der Waals surface area (Å²) in [5.74, 6) is 0. The molecule has 84 valence electrons. The molecule has 3 rings (SSSR count). The normalized spacial score (nSPS) is 11.1. The number of benzene rings is 1. The van der Waals surface area contributed by atoms with Gasteiger partial charge >= 0.3 is 5.69 Å². The number of hydrogen-bond acceptors (Lipinski definition) is 4. The highest BCUT2D eigenvalue weighted by Crippen LogP contribution is 2.36. The van der Waals surface area contributed by atoms with E-state index in [2.05, 4.69) is 9.97 Å². The highest BCUT2D eigenvalue weighted by Gasteiger charge is 2.20. The minimum Gasteiger partial charge on any atom is -0.393 e. The van der Waals surface area contributed by atoms with Crippen LogP contribution in [0.4, 0.5) is 11.4 Å². The standard InChI is InChI=1S/C11H8N4O2/c12-7-1-2-8-10(11(7)15(16)17)6-3-4-13-5-9(6)14-8/h1-5,14H,12H2. The predicted molar refractivity (Wildman–Crippen MR) is 64.7 cm³/mol. The lowest BCUT2D eigenvalue weighted by Crippen LogP contribution is -1.95. The van der Waals surface area contributed by atoms with E-state index in [-0.39, 0.29) is 11.4 Å². The van der Waals surface area contributed by atoms with Gasteiger partial charge in [0.25, 0.3) is 0 Å². The Balaban J connectivity index is 2.60. The molecule has 0 aliphatic rings. The fraction of sp³-hybridized carbons (Fsp3) is 0. The first kappa shape index (κ1) is 9.59. The van der Waals surface area contributed by atoms with E-state index >= 15 is 0 Å². The average Bonchev–Trinajstić information content (AvgIpc) is 2.67.